The Balaban J connectivity index is 1.22. The summed E-state index contributed by atoms with van der Waals surface area (Å²) >= 11 is 11.6. The molecule has 0 aliphatic carbocycles. The van der Waals surface area contributed by atoms with Gasteiger partial charge in [0, 0.05) is 10.0 Å². The van der Waals surface area contributed by atoms with E-state index in [0.717, 1.165) is 0 Å². The van der Waals surface area contributed by atoms with E-state index in [0.29, 0.717) is 13.1 Å². The van der Waals surface area contributed by atoms with E-state index in [9.17, 15) is 26.4 Å². The molecule has 2 N–H and O–H groups in total. The van der Waals surface area contributed by atoms with E-state index in [1.54, 1.807) is 0 Å². The number of rotatable bonds is 7. The molecular formula is C18H16Cl2N4O6S4. The molecule has 2 heterocycles. The fourth-order valence-electron chi connectivity index (χ4n) is 2.70. The van der Waals surface area contributed by atoms with Gasteiger partial charge in [-0.25, -0.2) is 35.9 Å². The first-order chi connectivity index (χ1) is 16.0. The van der Waals surface area contributed by atoms with Crippen molar-refractivity contribution in [3.63, 3.8) is 0 Å². The van der Waals surface area contributed by atoms with Crippen molar-refractivity contribution in [2.24, 2.45) is 0 Å². The van der Waals surface area contributed by atoms with Crippen molar-refractivity contribution in [3.8, 4) is 0 Å². The molecule has 0 aromatic heterocycles. The van der Waals surface area contributed by atoms with Crippen LogP contribution in [0.1, 0.15) is 0 Å². The van der Waals surface area contributed by atoms with Crippen molar-refractivity contribution in [1.82, 2.24) is 19.2 Å². The van der Waals surface area contributed by atoms with Crippen molar-refractivity contribution < 1.29 is 26.4 Å². The zero-order chi connectivity index (χ0) is 24.7. The number of carbonyl (C=O) groups is 2. The highest BCUT2D eigenvalue weighted by atomic mass is 35.5. The molecule has 4 amide bonds. The number of halogens is 2. The summed E-state index contributed by atoms with van der Waals surface area (Å²) in [7, 11) is -5.54. The summed E-state index contributed by atoms with van der Waals surface area (Å²) in [5, 5.41) is -0.101. The molecule has 0 radical (unpaired) electrons. The lowest BCUT2D eigenvalue weighted by molar-refractivity contribution is 0.233. The average Bonchev–Trinajstić information content (AvgIpc) is 3.66. The quantitative estimate of drug-likeness (QED) is 0.375. The van der Waals surface area contributed by atoms with Crippen LogP contribution in [0.4, 0.5) is 9.59 Å². The molecule has 2 aromatic carbocycles. The van der Waals surface area contributed by atoms with E-state index >= 15 is 0 Å². The first-order valence-electron chi connectivity index (χ1n) is 9.46. The number of urea groups is 2. The molecule has 16 heteroatoms. The number of hydrogen-bond donors (Lipinski definition) is 2. The minimum Gasteiger partial charge on any atom is -0.306 e. The number of benzene rings is 2. The van der Waals surface area contributed by atoms with Crippen LogP contribution in [-0.4, -0.2) is 62.5 Å². The monoisotopic (exact) mass is 582 g/mol. The van der Waals surface area contributed by atoms with Gasteiger partial charge in [-0.15, -0.1) is 0 Å². The normalized spacial score (nSPS) is 19.5. The van der Waals surface area contributed by atoms with Gasteiger partial charge in [0.15, 0.2) is 0 Å². The highest BCUT2D eigenvalue weighted by Gasteiger charge is 2.46. The van der Waals surface area contributed by atoms with Gasteiger partial charge >= 0.3 is 12.1 Å². The van der Waals surface area contributed by atoms with Crippen molar-refractivity contribution in [2.75, 3.05) is 13.1 Å². The van der Waals surface area contributed by atoms with E-state index in [2.05, 4.69) is 0 Å². The third kappa shape index (κ3) is 6.04. The lowest BCUT2D eigenvalue weighted by Crippen LogP contribution is -2.35. The average molecular weight is 584 g/mol. The van der Waals surface area contributed by atoms with Gasteiger partial charge in [0.2, 0.25) is 0 Å². The van der Waals surface area contributed by atoms with E-state index in [1.165, 1.54) is 79.9 Å². The third-order valence-electron chi connectivity index (χ3n) is 4.59. The maximum Gasteiger partial charge on any atom is 0.332 e. The SMILES string of the molecule is O=C(NS(=O)(=O)c1cccc(Cl)c1)N1CC1SSC1CN1C(=O)NS(=O)(=O)c1cccc(Cl)c1. The van der Waals surface area contributed by atoms with Gasteiger partial charge in [-0.05, 0) is 36.4 Å². The standard InChI is InChI=1S/C18H16Cl2N4O6S4/c19-11-3-1-5-13(7-11)33(27,28)21-17(25)23-9-15(23)31-32-16-10-24(16)18(26)22-34(29,30)14-6-2-4-12(20)8-14/h1-8,15-16H,9-10H2,(H,21,25)(H,22,26). The van der Waals surface area contributed by atoms with Gasteiger partial charge in [-0.1, -0.05) is 56.9 Å². The van der Waals surface area contributed by atoms with Crippen LogP contribution >= 0.6 is 44.8 Å². The zero-order valence-electron chi connectivity index (χ0n) is 16.9. The molecule has 0 bridgehead atoms. The number of amides is 4. The van der Waals surface area contributed by atoms with Gasteiger partial charge in [-0.3, -0.25) is 0 Å². The van der Waals surface area contributed by atoms with Crippen LogP contribution in [0, 0.1) is 0 Å². The molecule has 34 heavy (non-hydrogen) atoms. The van der Waals surface area contributed by atoms with Crippen LogP contribution in [0.15, 0.2) is 58.3 Å². The Labute approximate surface area is 213 Å². The summed E-state index contributed by atoms with van der Waals surface area (Å²) in [5.41, 5.74) is 0. The maximum absolute atomic E-state index is 12.3. The highest BCUT2D eigenvalue weighted by Crippen LogP contribution is 2.45. The third-order valence-corrected chi connectivity index (χ3v) is 10.7. The number of hydrogen-bond acceptors (Lipinski definition) is 8. The second-order valence-corrected chi connectivity index (χ2v) is 14.0. The van der Waals surface area contributed by atoms with Gasteiger partial charge in [0.1, 0.15) is 10.7 Å². The fraction of sp³-hybridized carbons (Fsp3) is 0.222. The number of nitrogens with zero attached hydrogens (tertiary/aromatic N) is 2. The Morgan fingerprint density at radius 1 is 0.765 bits per heavy atom. The smallest absolute Gasteiger partial charge is 0.306 e. The molecular weight excluding hydrogens is 567 g/mol. The first kappa shape index (κ1) is 25.3. The topological polar surface area (TPSA) is 132 Å². The van der Waals surface area contributed by atoms with E-state index in [-0.39, 0.29) is 30.6 Å². The Bertz CT molecular complexity index is 1250. The second kappa shape index (κ2) is 9.66. The number of nitrogens with one attached hydrogen (secondary N) is 2. The molecule has 4 rings (SSSR count). The van der Waals surface area contributed by atoms with Crippen LogP contribution in [-0.2, 0) is 20.0 Å². The van der Waals surface area contributed by atoms with Crippen LogP contribution in [0.5, 0.6) is 0 Å². The van der Waals surface area contributed by atoms with Gasteiger partial charge in [0.25, 0.3) is 20.0 Å². The molecule has 2 aromatic rings. The Hall–Kier alpha value is -1.84. The van der Waals surface area contributed by atoms with Crippen molar-refractivity contribution in [3.05, 3.63) is 58.6 Å². The predicted octanol–water partition coefficient (Wildman–Crippen LogP) is 3.16. The molecule has 2 atom stereocenters. The maximum atomic E-state index is 12.3. The van der Waals surface area contributed by atoms with Crippen molar-refractivity contribution in [2.45, 2.75) is 20.5 Å². The molecule has 2 aliphatic rings. The molecule has 2 aliphatic heterocycles. The molecule has 2 saturated heterocycles. The van der Waals surface area contributed by atoms with Crippen molar-refractivity contribution in [1.29, 1.82) is 0 Å². The molecule has 2 fully saturated rings. The summed E-state index contributed by atoms with van der Waals surface area (Å²) in [4.78, 5) is 26.9. The van der Waals surface area contributed by atoms with Crippen LogP contribution in [0.25, 0.3) is 0 Å². The Morgan fingerprint density at radius 3 is 1.50 bits per heavy atom. The minimum absolute atomic E-state index is 0.124. The molecule has 0 saturated carbocycles. The summed E-state index contributed by atoms with van der Waals surface area (Å²) in [6.07, 6.45) is 0. The van der Waals surface area contributed by atoms with E-state index in [4.69, 9.17) is 23.2 Å². The Morgan fingerprint density at radius 2 is 1.15 bits per heavy atom. The molecule has 0 spiro atoms. The van der Waals surface area contributed by atoms with E-state index in [1.807, 2.05) is 9.44 Å². The molecule has 182 valence electrons. The summed E-state index contributed by atoms with van der Waals surface area (Å²) in [5.74, 6) is 0. The minimum atomic E-state index is -4.06. The van der Waals surface area contributed by atoms with E-state index < -0.39 is 32.1 Å². The van der Waals surface area contributed by atoms with Crippen LogP contribution < -0.4 is 9.44 Å². The van der Waals surface area contributed by atoms with Gasteiger partial charge in [-0.2, -0.15) is 0 Å². The highest BCUT2D eigenvalue weighted by molar-refractivity contribution is 8.77. The van der Waals surface area contributed by atoms with Crippen molar-refractivity contribution >= 4 is 76.9 Å². The van der Waals surface area contributed by atoms with Gasteiger partial charge in [0.05, 0.1) is 22.9 Å². The first-order valence-corrected chi connectivity index (χ1v) is 15.5. The number of carbonyl (C=O) groups excluding carboxylic acids is 2. The lowest BCUT2D eigenvalue weighted by atomic mass is 10.4. The van der Waals surface area contributed by atoms with Crippen LogP contribution in [0.3, 0.4) is 0 Å². The largest absolute Gasteiger partial charge is 0.332 e. The Kier molecular flexibility index (Phi) is 7.18. The lowest BCUT2D eigenvalue weighted by Gasteiger charge is -2.09. The molecule has 10 nitrogen and oxygen atoms in total. The van der Waals surface area contributed by atoms with Crippen LogP contribution in [0.2, 0.25) is 10.0 Å². The second-order valence-electron chi connectivity index (χ2n) is 7.14. The fourth-order valence-corrected chi connectivity index (χ4v) is 8.07. The van der Waals surface area contributed by atoms with Gasteiger partial charge < -0.3 is 9.80 Å². The zero-order valence-corrected chi connectivity index (χ0v) is 21.7. The number of sulfonamides is 2. The summed E-state index contributed by atoms with van der Waals surface area (Å²) in [6.45, 7) is 0.660. The predicted molar refractivity (Wildman–Crippen MR) is 131 cm³/mol. The summed E-state index contributed by atoms with van der Waals surface area (Å²) in [6, 6.07) is 9.55. The summed E-state index contributed by atoms with van der Waals surface area (Å²) < 4.78 is 53.3. The molecule has 2 unspecified atom stereocenters.